The summed E-state index contributed by atoms with van der Waals surface area (Å²) in [4.78, 5) is 12.1. The number of benzene rings is 1. The summed E-state index contributed by atoms with van der Waals surface area (Å²) in [5.74, 6) is 0.581. The lowest BCUT2D eigenvalue weighted by Gasteiger charge is -2.30. The normalized spacial score (nSPS) is 19.1. The second kappa shape index (κ2) is 4.69. The zero-order valence-electron chi connectivity index (χ0n) is 9.74. The van der Waals surface area contributed by atoms with Gasteiger partial charge in [0.2, 0.25) is 0 Å². The molecule has 1 fully saturated rings. The highest BCUT2D eigenvalue weighted by Crippen LogP contribution is 2.37. The molecule has 1 aliphatic rings. The molecule has 0 atom stereocenters. The van der Waals surface area contributed by atoms with Crippen molar-refractivity contribution in [2.75, 3.05) is 0 Å². The number of hydrogen-bond acceptors (Lipinski definition) is 2. The molecule has 2 heteroatoms. The van der Waals surface area contributed by atoms with Crippen molar-refractivity contribution in [3.05, 3.63) is 30.3 Å². The lowest BCUT2D eigenvalue weighted by atomic mass is 9.76. The van der Waals surface area contributed by atoms with Gasteiger partial charge in [0.25, 0.3) is 0 Å². The molecule has 86 valence electrons. The predicted octanol–water partition coefficient (Wildman–Crippen LogP) is 3.56. The minimum Gasteiger partial charge on any atom is -0.426 e. The molecule has 0 amide bonds. The average Bonchev–Trinajstić information content (AvgIpc) is 2.31. The van der Waals surface area contributed by atoms with Crippen LogP contribution in [0.5, 0.6) is 5.75 Å². The van der Waals surface area contributed by atoms with E-state index in [4.69, 9.17) is 4.74 Å². The number of esters is 1. The average molecular weight is 218 g/mol. The van der Waals surface area contributed by atoms with Crippen molar-refractivity contribution in [1.82, 2.24) is 0 Å². The monoisotopic (exact) mass is 218 g/mol. The van der Waals surface area contributed by atoms with E-state index in [1.54, 1.807) is 0 Å². The molecular weight excluding hydrogens is 200 g/mol. The van der Waals surface area contributed by atoms with Gasteiger partial charge in [-0.3, -0.25) is 4.79 Å². The minimum atomic E-state index is -0.270. The van der Waals surface area contributed by atoms with Crippen molar-refractivity contribution in [2.45, 2.75) is 39.0 Å². The smallest absolute Gasteiger partial charge is 0.317 e. The Hall–Kier alpha value is -1.31. The fourth-order valence-corrected chi connectivity index (χ4v) is 2.26. The number of hydrogen-bond donors (Lipinski definition) is 0. The Morgan fingerprint density at radius 3 is 2.38 bits per heavy atom. The van der Waals surface area contributed by atoms with Crippen LogP contribution in [0.4, 0.5) is 0 Å². The molecule has 1 aromatic carbocycles. The molecule has 0 aliphatic heterocycles. The second-order valence-electron chi connectivity index (χ2n) is 4.82. The lowest BCUT2D eigenvalue weighted by Crippen LogP contribution is -2.33. The topological polar surface area (TPSA) is 26.3 Å². The first-order valence-corrected chi connectivity index (χ1v) is 5.98. The summed E-state index contributed by atoms with van der Waals surface area (Å²) < 4.78 is 5.42. The van der Waals surface area contributed by atoms with Crippen LogP contribution >= 0.6 is 0 Å². The van der Waals surface area contributed by atoms with Crippen molar-refractivity contribution < 1.29 is 9.53 Å². The molecule has 2 nitrogen and oxygen atoms in total. The highest BCUT2D eigenvalue weighted by Gasteiger charge is 2.36. The zero-order valence-corrected chi connectivity index (χ0v) is 9.74. The molecular formula is C14H18O2. The van der Waals surface area contributed by atoms with Gasteiger partial charge in [-0.25, -0.2) is 0 Å². The first-order chi connectivity index (χ1) is 7.71. The maximum Gasteiger partial charge on any atom is 0.317 e. The Kier molecular flexibility index (Phi) is 3.28. The summed E-state index contributed by atoms with van der Waals surface area (Å²) in [5.41, 5.74) is -0.270. The molecule has 0 N–H and O–H groups in total. The van der Waals surface area contributed by atoms with Gasteiger partial charge in [-0.15, -0.1) is 0 Å². The maximum atomic E-state index is 12.1. The Morgan fingerprint density at radius 2 is 1.75 bits per heavy atom. The van der Waals surface area contributed by atoms with Crippen LogP contribution in [0.2, 0.25) is 0 Å². The van der Waals surface area contributed by atoms with E-state index in [9.17, 15) is 4.79 Å². The second-order valence-corrected chi connectivity index (χ2v) is 4.82. The van der Waals surface area contributed by atoms with Crippen LogP contribution in [-0.4, -0.2) is 5.97 Å². The SMILES string of the molecule is CC1(C(=O)Oc2ccccc2)CCCCC1. The first kappa shape index (κ1) is 11.2. The zero-order chi connectivity index (χ0) is 11.4. The third-order valence-electron chi connectivity index (χ3n) is 3.40. The van der Waals surface area contributed by atoms with Crippen molar-refractivity contribution in [3.63, 3.8) is 0 Å². The van der Waals surface area contributed by atoms with Gasteiger partial charge in [0.05, 0.1) is 5.41 Å². The summed E-state index contributed by atoms with van der Waals surface area (Å²) in [6, 6.07) is 9.32. The van der Waals surface area contributed by atoms with E-state index in [-0.39, 0.29) is 11.4 Å². The standard InChI is InChI=1S/C14H18O2/c1-14(10-6-3-7-11-14)13(15)16-12-8-4-2-5-9-12/h2,4-5,8-9H,3,6-7,10-11H2,1H3. The molecule has 0 radical (unpaired) electrons. The molecule has 16 heavy (non-hydrogen) atoms. The van der Waals surface area contributed by atoms with Crippen LogP contribution < -0.4 is 4.74 Å². The number of rotatable bonds is 2. The summed E-state index contributed by atoms with van der Waals surface area (Å²) in [5, 5.41) is 0. The van der Waals surface area contributed by atoms with E-state index in [0.717, 1.165) is 25.7 Å². The predicted molar refractivity (Wildman–Crippen MR) is 63.3 cm³/mol. The van der Waals surface area contributed by atoms with Crippen LogP contribution in [0.3, 0.4) is 0 Å². The number of ether oxygens (including phenoxy) is 1. The van der Waals surface area contributed by atoms with Gasteiger partial charge in [-0.2, -0.15) is 0 Å². The van der Waals surface area contributed by atoms with E-state index in [1.807, 2.05) is 37.3 Å². The molecule has 1 aromatic rings. The van der Waals surface area contributed by atoms with Gasteiger partial charge in [-0.1, -0.05) is 37.5 Å². The van der Waals surface area contributed by atoms with Gasteiger partial charge in [0, 0.05) is 0 Å². The molecule has 0 spiro atoms. The molecule has 0 unspecified atom stereocenters. The Morgan fingerprint density at radius 1 is 1.12 bits per heavy atom. The van der Waals surface area contributed by atoms with E-state index >= 15 is 0 Å². The molecule has 0 bridgehead atoms. The summed E-state index contributed by atoms with van der Waals surface area (Å²) in [6.45, 7) is 2.03. The lowest BCUT2D eigenvalue weighted by molar-refractivity contribution is -0.146. The van der Waals surface area contributed by atoms with Crippen LogP contribution in [-0.2, 0) is 4.79 Å². The maximum absolute atomic E-state index is 12.1. The fourth-order valence-electron chi connectivity index (χ4n) is 2.26. The molecule has 1 saturated carbocycles. The van der Waals surface area contributed by atoms with Crippen molar-refractivity contribution in [2.24, 2.45) is 5.41 Å². The van der Waals surface area contributed by atoms with Gasteiger partial charge in [-0.05, 0) is 31.9 Å². The van der Waals surface area contributed by atoms with Crippen LogP contribution in [0, 0.1) is 5.41 Å². The van der Waals surface area contributed by atoms with Crippen LogP contribution in [0.1, 0.15) is 39.0 Å². The fraction of sp³-hybridized carbons (Fsp3) is 0.500. The van der Waals surface area contributed by atoms with Crippen molar-refractivity contribution in [3.8, 4) is 5.75 Å². The highest BCUT2D eigenvalue weighted by molar-refractivity contribution is 5.78. The molecule has 0 saturated heterocycles. The van der Waals surface area contributed by atoms with E-state index < -0.39 is 0 Å². The Labute approximate surface area is 96.6 Å². The quantitative estimate of drug-likeness (QED) is 0.560. The van der Waals surface area contributed by atoms with Gasteiger partial charge in [0.1, 0.15) is 5.75 Å². The molecule has 1 aliphatic carbocycles. The Bertz CT molecular complexity index is 350. The third-order valence-corrected chi connectivity index (χ3v) is 3.40. The van der Waals surface area contributed by atoms with Crippen LogP contribution in [0.25, 0.3) is 0 Å². The Balaban J connectivity index is 2.02. The molecule has 0 aromatic heterocycles. The summed E-state index contributed by atoms with van der Waals surface area (Å²) in [6.07, 6.45) is 5.44. The third kappa shape index (κ3) is 2.43. The van der Waals surface area contributed by atoms with E-state index in [0.29, 0.717) is 5.75 Å². The van der Waals surface area contributed by atoms with E-state index in [2.05, 4.69) is 0 Å². The summed E-state index contributed by atoms with van der Waals surface area (Å²) >= 11 is 0. The van der Waals surface area contributed by atoms with Gasteiger partial charge < -0.3 is 4.74 Å². The van der Waals surface area contributed by atoms with Gasteiger partial charge in [0.15, 0.2) is 0 Å². The number of para-hydroxylation sites is 1. The van der Waals surface area contributed by atoms with Crippen molar-refractivity contribution >= 4 is 5.97 Å². The number of carbonyl (C=O) groups is 1. The van der Waals surface area contributed by atoms with Crippen LogP contribution in [0.15, 0.2) is 30.3 Å². The number of carbonyl (C=O) groups excluding carboxylic acids is 1. The minimum absolute atomic E-state index is 0.0709. The highest BCUT2D eigenvalue weighted by atomic mass is 16.5. The van der Waals surface area contributed by atoms with Gasteiger partial charge >= 0.3 is 5.97 Å². The van der Waals surface area contributed by atoms with Crippen molar-refractivity contribution in [1.29, 1.82) is 0 Å². The largest absolute Gasteiger partial charge is 0.426 e. The van der Waals surface area contributed by atoms with E-state index in [1.165, 1.54) is 6.42 Å². The molecule has 2 rings (SSSR count). The molecule has 0 heterocycles. The first-order valence-electron chi connectivity index (χ1n) is 5.98. The summed E-state index contributed by atoms with van der Waals surface area (Å²) in [7, 11) is 0.